The van der Waals surface area contributed by atoms with Crippen molar-refractivity contribution in [3.63, 3.8) is 0 Å². The summed E-state index contributed by atoms with van der Waals surface area (Å²) in [6, 6.07) is 5.31. The minimum atomic E-state index is -0.320. The van der Waals surface area contributed by atoms with Crippen LogP contribution in [-0.4, -0.2) is 19.2 Å². The van der Waals surface area contributed by atoms with Crippen LogP contribution in [0.15, 0.2) is 18.2 Å². The van der Waals surface area contributed by atoms with Gasteiger partial charge in [-0.1, -0.05) is 44.7 Å². The van der Waals surface area contributed by atoms with E-state index >= 15 is 0 Å². The van der Waals surface area contributed by atoms with E-state index in [1.165, 1.54) is 12.8 Å². The van der Waals surface area contributed by atoms with E-state index in [2.05, 4.69) is 13.8 Å². The van der Waals surface area contributed by atoms with Gasteiger partial charge in [0.15, 0.2) is 6.61 Å². The third-order valence-electron chi connectivity index (χ3n) is 3.51. The van der Waals surface area contributed by atoms with Gasteiger partial charge in [0.1, 0.15) is 5.75 Å². The average Bonchev–Trinajstić information content (AvgIpc) is 2.46. The average molecular weight is 313 g/mol. The summed E-state index contributed by atoms with van der Waals surface area (Å²) in [6.45, 7) is 6.61. The number of carbonyl (C=O) groups excluding carboxylic acids is 1. The third kappa shape index (κ3) is 6.85. The van der Waals surface area contributed by atoms with Crippen LogP contribution in [0.3, 0.4) is 0 Å². The lowest BCUT2D eigenvalue weighted by molar-refractivity contribution is -0.147. The molecular formula is C17H25ClO3. The van der Waals surface area contributed by atoms with Crippen molar-refractivity contribution < 1.29 is 14.3 Å². The minimum absolute atomic E-state index is 0.0628. The van der Waals surface area contributed by atoms with Crippen LogP contribution in [0.1, 0.15) is 45.1 Å². The van der Waals surface area contributed by atoms with E-state index in [1.807, 2.05) is 6.92 Å². The molecule has 0 radical (unpaired) electrons. The number of benzene rings is 1. The summed E-state index contributed by atoms with van der Waals surface area (Å²) < 4.78 is 10.8. The monoisotopic (exact) mass is 312 g/mol. The van der Waals surface area contributed by atoms with Crippen molar-refractivity contribution in [3.8, 4) is 5.75 Å². The molecule has 0 aromatic heterocycles. The number of unbranched alkanes of at least 4 members (excludes halogenated alkanes) is 1. The van der Waals surface area contributed by atoms with Gasteiger partial charge in [-0.25, -0.2) is 4.79 Å². The van der Waals surface area contributed by atoms with Crippen LogP contribution in [-0.2, 0) is 9.53 Å². The first-order chi connectivity index (χ1) is 10.1. The van der Waals surface area contributed by atoms with Gasteiger partial charge in [-0.15, -0.1) is 0 Å². The van der Waals surface area contributed by atoms with Gasteiger partial charge in [-0.3, -0.25) is 0 Å². The molecule has 0 aliphatic rings. The van der Waals surface area contributed by atoms with Crippen LogP contribution in [0.4, 0.5) is 0 Å². The summed E-state index contributed by atoms with van der Waals surface area (Å²) in [4.78, 5) is 11.7. The first kappa shape index (κ1) is 17.8. The number of hydrogen-bond donors (Lipinski definition) is 0. The Morgan fingerprint density at radius 3 is 2.71 bits per heavy atom. The van der Waals surface area contributed by atoms with E-state index in [0.29, 0.717) is 23.3 Å². The van der Waals surface area contributed by atoms with Crippen LogP contribution in [0, 0.1) is 12.8 Å². The predicted molar refractivity (Wildman–Crippen MR) is 85.9 cm³/mol. The molecule has 0 aliphatic carbocycles. The zero-order valence-electron chi connectivity index (χ0n) is 13.2. The van der Waals surface area contributed by atoms with Crippen LogP contribution in [0.2, 0.25) is 5.02 Å². The molecule has 1 aromatic rings. The quantitative estimate of drug-likeness (QED) is 0.615. The van der Waals surface area contributed by atoms with Gasteiger partial charge < -0.3 is 9.47 Å². The Bertz CT molecular complexity index is 446. The normalized spacial score (nSPS) is 12.0. The van der Waals surface area contributed by atoms with Crippen molar-refractivity contribution in [1.29, 1.82) is 0 Å². The third-order valence-corrected chi connectivity index (χ3v) is 3.74. The van der Waals surface area contributed by atoms with E-state index in [9.17, 15) is 4.79 Å². The SMILES string of the molecule is CCCCC(CC)COC(=O)COc1ccc(Cl)cc1C. The molecule has 21 heavy (non-hydrogen) atoms. The molecule has 0 aliphatic heterocycles. The molecule has 4 heteroatoms. The summed E-state index contributed by atoms with van der Waals surface area (Å²) in [7, 11) is 0. The molecule has 1 atom stereocenters. The van der Waals surface area contributed by atoms with Gasteiger partial charge >= 0.3 is 5.97 Å². The Balaban J connectivity index is 2.33. The molecule has 0 bridgehead atoms. The van der Waals surface area contributed by atoms with E-state index in [1.54, 1.807) is 18.2 Å². The lowest BCUT2D eigenvalue weighted by atomic mass is 10.0. The highest BCUT2D eigenvalue weighted by molar-refractivity contribution is 6.30. The maximum atomic E-state index is 11.7. The fourth-order valence-corrected chi connectivity index (χ4v) is 2.29. The van der Waals surface area contributed by atoms with Gasteiger partial charge in [0.25, 0.3) is 0 Å². The molecule has 1 rings (SSSR count). The number of carbonyl (C=O) groups is 1. The van der Waals surface area contributed by atoms with Crippen LogP contribution in [0.5, 0.6) is 5.75 Å². The second-order valence-electron chi connectivity index (χ2n) is 5.30. The second kappa shape index (κ2) is 9.67. The number of esters is 1. The second-order valence-corrected chi connectivity index (χ2v) is 5.73. The number of rotatable bonds is 9. The van der Waals surface area contributed by atoms with Crippen molar-refractivity contribution in [2.45, 2.75) is 46.5 Å². The van der Waals surface area contributed by atoms with Crippen LogP contribution in [0.25, 0.3) is 0 Å². The molecule has 1 unspecified atom stereocenters. The molecule has 0 saturated carbocycles. The topological polar surface area (TPSA) is 35.5 Å². The predicted octanol–water partition coefficient (Wildman–Crippen LogP) is 4.79. The first-order valence-corrected chi connectivity index (χ1v) is 7.99. The number of halogens is 1. The maximum Gasteiger partial charge on any atom is 0.344 e. The van der Waals surface area contributed by atoms with Gasteiger partial charge in [0.05, 0.1) is 6.61 Å². The lowest BCUT2D eigenvalue weighted by Gasteiger charge is -2.15. The highest BCUT2D eigenvalue weighted by Gasteiger charge is 2.11. The van der Waals surface area contributed by atoms with E-state index < -0.39 is 0 Å². The maximum absolute atomic E-state index is 11.7. The van der Waals surface area contributed by atoms with E-state index in [-0.39, 0.29) is 12.6 Å². The molecule has 0 saturated heterocycles. The highest BCUT2D eigenvalue weighted by Crippen LogP contribution is 2.21. The van der Waals surface area contributed by atoms with Gasteiger partial charge in [0, 0.05) is 5.02 Å². The Hall–Kier alpha value is -1.22. The zero-order valence-corrected chi connectivity index (χ0v) is 13.9. The molecule has 0 amide bonds. The largest absolute Gasteiger partial charge is 0.482 e. The van der Waals surface area contributed by atoms with Crippen molar-refractivity contribution in [3.05, 3.63) is 28.8 Å². The standard InChI is InChI=1S/C17H25ClO3/c1-4-6-7-14(5-2)11-21-17(19)12-20-16-9-8-15(18)10-13(16)3/h8-10,14H,4-7,11-12H2,1-3H3. The molecule has 1 aromatic carbocycles. The molecule has 118 valence electrons. The van der Waals surface area contributed by atoms with Crippen molar-refractivity contribution in [2.75, 3.05) is 13.2 Å². The molecule has 0 heterocycles. The molecule has 3 nitrogen and oxygen atoms in total. The summed E-state index contributed by atoms with van der Waals surface area (Å²) in [6.07, 6.45) is 4.49. The minimum Gasteiger partial charge on any atom is -0.482 e. The Kier molecular flexibility index (Phi) is 8.21. The Labute approximate surface area is 132 Å². The Morgan fingerprint density at radius 1 is 1.33 bits per heavy atom. The first-order valence-electron chi connectivity index (χ1n) is 7.61. The number of ether oxygens (including phenoxy) is 2. The Morgan fingerprint density at radius 2 is 2.10 bits per heavy atom. The van der Waals surface area contributed by atoms with Gasteiger partial charge in [0.2, 0.25) is 0 Å². The molecule has 0 spiro atoms. The van der Waals surface area contributed by atoms with Crippen molar-refractivity contribution in [2.24, 2.45) is 5.92 Å². The zero-order chi connectivity index (χ0) is 15.7. The van der Waals surface area contributed by atoms with Crippen LogP contribution < -0.4 is 4.74 Å². The summed E-state index contributed by atoms with van der Waals surface area (Å²) in [5.41, 5.74) is 0.907. The lowest BCUT2D eigenvalue weighted by Crippen LogP contribution is -2.19. The van der Waals surface area contributed by atoms with E-state index in [0.717, 1.165) is 18.4 Å². The summed E-state index contributed by atoms with van der Waals surface area (Å²) in [5.74, 6) is 0.792. The van der Waals surface area contributed by atoms with Crippen LogP contribution >= 0.6 is 11.6 Å². The molecule has 0 N–H and O–H groups in total. The summed E-state index contributed by atoms with van der Waals surface area (Å²) in [5, 5.41) is 0.657. The molecular weight excluding hydrogens is 288 g/mol. The smallest absolute Gasteiger partial charge is 0.344 e. The summed E-state index contributed by atoms with van der Waals surface area (Å²) >= 11 is 5.87. The van der Waals surface area contributed by atoms with Gasteiger partial charge in [-0.05, 0) is 43.0 Å². The fourth-order valence-electron chi connectivity index (χ4n) is 2.06. The number of hydrogen-bond acceptors (Lipinski definition) is 3. The number of aryl methyl sites for hydroxylation is 1. The van der Waals surface area contributed by atoms with Gasteiger partial charge in [-0.2, -0.15) is 0 Å². The van der Waals surface area contributed by atoms with Crippen molar-refractivity contribution >= 4 is 17.6 Å². The fraction of sp³-hybridized carbons (Fsp3) is 0.588. The highest BCUT2D eigenvalue weighted by atomic mass is 35.5. The van der Waals surface area contributed by atoms with Crippen molar-refractivity contribution in [1.82, 2.24) is 0 Å². The molecule has 0 fully saturated rings. The van der Waals surface area contributed by atoms with E-state index in [4.69, 9.17) is 21.1 Å².